The second-order valence-corrected chi connectivity index (χ2v) is 7.25. The minimum absolute atomic E-state index is 0.0896. The van der Waals surface area contributed by atoms with Crippen LogP contribution in [0.1, 0.15) is 34.1 Å². The van der Waals surface area contributed by atoms with Crippen LogP contribution in [-0.2, 0) is 23.9 Å². The molecule has 0 aliphatic heterocycles. The number of hydrogen-bond acceptors (Lipinski definition) is 8. The normalized spacial score (nSPS) is 12.7. The molecule has 0 saturated heterocycles. The lowest BCUT2D eigenvalue weighted by Crippen LogP contribution is -2.45. The van der Waals surface area contributed by atoms with Crippen molar-refractivity contribution in [2.45, 2.75) is 52.4 Å². The van der Waals surface area contributed by atoms with Crippen LogP contribution in [0.2, 0.25) is 0 Å². The van der Waals surface area contributed by atoms with Crippen LogP contribution in [-0.4, -0.2) is 97.9 Å². The van der Waals surface area contributed by atoms with Crippen molar-refractivity contribution in [3.8, 4) is 0 Å². The number of nitrogens with one attached hydrogen (secondary N) is 1. The van der Waals surface area contributed by atoms with E-state index in [4.69, 9.17) is 14.6 Å². The molecule has 1 unspecified atom stereocenters. The maximum absolute atomic E-state index is 11.9. The standard InChI is InChI=1S/C18H35N3O6/c1-13(2)26-17(24)9-15(19-10-16(22)23)11-20(5)7-8-21(6)12-18(25)27-14(3)4/h13-15,19H,7-12H2,1-6H3,(H,22,23). The summed E-state index contributed by atoms with van der Waals surface area (Å²) in [6.07, 6.45) is -0.262. The summed E-state index contributed by atoms with van der Waals surface area (Å²) in [5.74, 6) is -1.62. The summed E-state index contributed by atoms with van der Waals surface area (Å²) in [5, 5.41) is 11.7. The van der Waals surface area contributed by atoms with Crippen molar-refractivity contribution in [2.24, 2.45) is 0 Å². The highest BCUT2D eigenvalue weighted by Gasteiger charge is 2.19. The number of hydrogen-bond donors (Lipinski definition) is 2. The van der Waals surface area contributed by atoms with Gasteiger partial charge in [-0.2, -0.15) is 0 Å². The summed E-state index contributed by atoms with van der Waals surface area (Å²) in [5.41, 5.74) is 0. The van der Waals surface area contributed by atoms with Crippen LogP contribution in [0.3, 0.4) is 0 Å². The van der Waals surface area contributed by atoms with Gasteiger partial charge >= 0.3 is 17.9 Å². The molecule has 0 aromatic carbocycles. The number of aliphatic carboxylic acids is 1. The highest BCUT2D eigenvalue weighted by atomic mass is 16.5. The summed E-state index contributed by atoms with van der Waals surface area (Å²) in [6.45, 7) is 8.88. The number of nitrogens with zero attached hydrogens (tertiary/aromatic N) is 2. The van der Waals surface area contributed by atoms with Crippen molar-refractivity contribution in [2.75, 3.05) is 46.8 Å². The molecule has 9 nitrogen and oxygen atoms in total. The molecule has 1 atom stereocenters. The molecule has 0 bridgehead atoms. The number of rotatable bonds is 14. The first-order valence-corrected chi connectivity index (χ1v) is 9.20. The van der Waals surface area contributed by atoms with Crippen molar-refractivity contribution in [1.29, 1.82) is 0 Å². The molecule has 0 rings (SSSR count). The number of carbonyl (C=O) groups excluding carboxylic acids is 2. The van der Waals surface area contributed by atoms with Crippen molar-refractivity contribution < 1.29 is 29.0 Å². The van der Waals surface area contributed by atoms with Crippen molar-refractivity contribution in [3.05, 3.63) is 0 Å². The smallest absolute Gasteiger partial charge is 0.320 e. The lowest BCUT2D eigenvalue weighted by molar-refractivity contribution is -0.149. The third-order valence-electron chi connectivity index (χ3n) is 3.48. The largest absolute Gasteiger partial charge is 0.480 e. The van der Waals surface area contributed by atoms with Gasteiger partial charge in [0.25, 0.3) is 0 Å². The zero-order valence-electron chi connectivity index (χ0n) is 17.4. The first-order chi connectivity index (χ1) is 12.5. The Morgan fingerprint density at radius 3 is 1.96 bits per heavy atom. The van der Waals surface area contributed by atoms with Gasteiger partial charge in [-0.05, 0) is 41.8 Å². The maximum atomic E-state index is 11.9. The van der Waals surface area contributed by atoms with Gasteiger partial charge in [0.1, 0.15) is 0 Å². The number of carbonyl (C=O) groups is 3. The van der Waals surface area contributed by atoms with Gasteiger partial charge in [-0.3, -0.25) is 19.3 Å². The van der Waals surface area contributed by atoms with E-state index in [9.17, 15) is 14.4 Å². The Morgan fingerprint density at radius 2 is 1.44 bits per heavy atom. The third-order valence-corrected chi connectivity index (χ3v) is 3.48. The topological polar surface area (TPSA) is 108 Å². The molecule has 158 valence electrons. The summed E-state index contributed by atoms with van der Waals surface area (Å²) in [7, 11) is 3.71. The minimum Gasteiger partial charge on any atom is -0.480 e. The number of esters is 2. The molecule has 0 aromatic rings. The number of ether oxygens (including phenoxy) is 2. The zero-order chi connectivity index (χ0) is 21.0. The van der Waals surface area contributed by atoms with Gasteiger partial charge in [0.2, 0.25) is 0 Å². The van der Waals surface area contributed by atoms with Crippen LogP contribution in [0.15, 0.2) is 0 Å². The Labute approximate surface area is 162 Å². The van der Waals surface area contributed by atoms with E-state index in [-0.39, 0.29) is 49.7 Å². The van der Waals surface area contributed by atoms with Gasteiger partial charge < -0.3 is 24.8 Å². The molecule has 0 heterocycles. The predicted octanol–water partition coefficient (Wildman–Crippen LogP) is 0.186. The zero-order valence-corrected chi connectivity index (χ0v) is 17.4. The molecule has 0 amide bonds. The van der Waals surface area contributed by atoms with Crippen LogP contribution >= 0.6 is 0 Å². The van der Waals surface area contributed by atoms with Crippen molar-refractivity contribution >= 4 is 17.9 Å². The van der Waals surface area contributed by atoms with Gasteiger partial charge in [-0.1, -0.05) is 0 Å². The molecule has 2 N–H and O–H groups in total. The SMILES string of the molecule is CC(C)OC(=O)CC(CN(C)CCN(C)CC(=O)OC(C)C)NCC(=O)O. The van der Waals surface area contributed by atoms with Crippen LogP contribution < -0.4 is 5.32 Å². The van der Waals surface area contributed by atoms with Gasteiger partial charge in [-0.15, -0.1) is 0 Å². The lowest BCUT2D eigenvalue weighted by atomic mass is 10.2. The molecular weight excluding hydrogens is 354 g/mol. The Kier molecular flexibility index (Phi) is 12.6. The molecule has 0 aliphatic carbocycles. The Morgan fingerprint density at radius 1 is 0.926 bits per heavy atom. The van der Waals surface area contributed by atoms with Crippen LogP contribution in [0.25, 0.3) is 0 Å². The second-order valence-electron chi connectivity index (χ2n) is 7.25. The van der Waals surface area contributed by atoms with E-state index in [1.165, 1.54) is 0 Å². The third kappa shape index (κ3) is 15.1. The minimum atomic E-state index is -0.983. The first-order valence-electron chi connectivity index (χ1n) is 9.20. The summed E-state index contributed by atoms with van der Waals surface area (Å²) in [6, 6.07) is -0.339. The van der Waals surface area contributed by atoms with Gasteiger partial charge in [0.05, 0.1) is 31.7 Å². The molecule has 0 saturated carbocycles. The van der Waals surface area contributed by atoms with Gasteiger partial charge in [0.15, 0.2) is 0 Å². The van der Waals surface area contributed by atoms with Gasteiger partial charge in [0, 0.05) is 25.7 Å². The van der Waals surface area contributed by atoms with E-state index in [1.807, 2.05) is 23.9 Å². The molecule has 0 spiro atoms. The van der Waals surface area contributed by atoms with Crippen molar-refractivity contribution in [1.82, 2.24) is 15.1 Å². The lowest BCUT2D eigenvalue weighted by Gasteiger charge is -2.26. The van der Waals surface area contributed by atoms with Crippen molar-refractivity contribution in [3.63, 3.8) is 0 Å². The highest BCUT2D eigenvalue weighted by molar-refractivity contribution is 5.72. The Hall–Kier alpha value is -1.71. The van der Waals surface area contributed by atoms with E-state index in [1.54, 1.807) is 27.7 Å². The predicted molar refractivity (Wildman–Crippen MR) is 101 cm³/mol. The van der Waals surface area contributed by atoms with Crippen LogP contribution in [0.4, 0.5) is 0 Å². The average Bonchev–Trinajstić information content (AvgIpc) is 2.48. The highest BCUT2D eigenvalue weighted by Crippen LogP contribution is 2.01. The second kappa shape index (κ2) is 13.5. The number of carboxylic acids is 1. The van der Waals surface area contributed by atoms with Crippen LogP contribution in [0, 0.1) is 0 Å². The number of likely N-dealkylation sites (N-methyl/N-ethyl adjacent to an activating group) is 2. The van der Waals surface area contributed by atoms with E-state index in [2.05, 4.69) is 5.32 Å². The summed E-state index contributed by atoms with van der Waals surface area (Å²) < 4.78 is 10.2. The quantitative estimate of drug-likeness (QED) is 0.402. The van der Waals surface area contributed by atoms with Gasteiger partial charge in [-0.25, -0.2) is 0 Å². The average molecular weight is 389 g/mol. The Bertz CT molecular complexity index is 470. The van der Waals surface area contributed by atoms with Crippen LogP contribution in [0.5, 0.6) is 0 Å². The monoisotopic (exact) mass is 389 g/mol. The molecule has 0 fully saturated rings. The fourth-order valence-electron chi connectivity index (χ4n) is 2.35. The molecule has 0 aliphatic rings. The Balaban J connectivity index is 4.43. The van der Waals surface area contributed by atoms with E-state index < -0.39 is 5.97 Å². The summed E-state index contributed by atoms with van der Waals surface area (Å²) >= 11 is 0. The van der Waals surface area contributed by atoms with E-state index in [0.717, 1.165) is 0 Å². The molecule has 0 radical (unpaired) electrons. The molecule has 27 heavy (non-hydrogen) atoms. The molecule has 9 heteroatoms. The molecule has 0 aromatic heterocycles. The fraction of sp³-hybridized carbons (Fsp3) is 0.833. The number of carboxylic acid groups (broad SMARTS) is 1. The van der Waals surface area contributed by atoms with E-state index >= 15 is 0 Å². The molecular formula is C18H35N3O6. The fourth-order valence-corrected chi connectivity index (χ4v) is 2.35. The summed E-state index contributed by atoms with van der Waals surface area (Å²) in [4.78, 5) is 38.2. The first kappa shape index (κ1) is 25.3. The van der Waals surface area contributed by atoms with E-state index in [0.29, 0.717) is 19.6 Å². The maximum Gasteiger partial charge on any atom is 0.320 e.